The molecular formula is C24H24N2O4S. The van der Waals surface area contributed by atoms with Crippen molar-refractivity contribution >= 4 is 34.2 Å². The van der Waals surface area contributed by atoms with Crippen molar-refractivity contribution in [1.82, 2.24) is 4.90 Å². The highest BCUT2D eigenvalue weighted by molar-refractivity contribution is 7.20. The zero-order valence-electron chi connectivity index (χ0n) is 17.5. The molecular weight excluding hydrogens is 412 g/mol. The average molecular weight is 437 g/mol. The zero-order valence-corrected chi connectivity index (χ0v) is 18.3. The van der Waals surface area contributed by atoms with Crippen LogP contribution in [-0.4, -0.2) is 43.0 Å². The number of thiophene rings is 1. The predicted octanol–water partition coefficient (Wildman–Crippen LogP) is 4.75. The highest BCUT2D eigenvalue weighted by Crippen LogP contribution is 2.40. The first-order valence-electron chi connectivity index (χ1n) is 10.1. The summed E-state index contributed by atoms with van der Waals surface area (Å²) in [6.45, 7) is 5.91. The molecule has 0 unspecified atom stereocenters. The molecule has 0 atom stereocenters. The van der Waals surface area contributed by atoms with Crippen LogP contribution < -0.4 is 5.32 Å². The molecule has 2 amide bonds. The first kappa shape index (κ1) is 21.1. The predicted molar refractivity (Wildman–Crippen MR) is 122 cm³/mol. The first-order valence-corrected chi connectivity index (χ1v) is 11.0. The minimum absolute atomic E-state index is 0.0832. The minimum atomic E-state index is -0.314. The first-order chi connectivity index (χ1) is 15.0. The second-order valence-corrected chi connectivity index (χ2v) is 8.32. The molecule has 4 rings (SSSR count). The lowest BCUT2D eigenvalue weighted by Crippen LogP contribution is -2.41. The molecule has 0 bridgehead atoms. The Bertz CT molecular complexity index is 1110. The number of nitrogens with one attached hydrogen (secondary N) is 1. The van der Waals surface area contributed by atoms with Gasteiger partial charge in [0.1, 0.15) is 16.5 Å². The van der Waals surface area contributed by atoms with Gasteiger partial charge in [-0.25, -0.2) is 0 Å². The summed E-state index contributed by atoms with van der Waals surface area (Å²) in [7, 11) is 0. The van der Waals surface area contributed by atoms with Gasteiger partial charge in [-0.15, -0.1) is 11.3 Å². The van der Waals surface area contributed by atoms with Crippen molar-refractivity contribution in [2.75, 3.05) is 31.6 Å². The Kier molecular flexibility index (Phi) is 6.34. The number of anilines is 1. The SMILES string of the molecule is Cc1ccc(/C=C/C(=O)Nc2sc(-c3ccccc3)c(C)c2C(=O)N2CCOCC2)o1. The average Bonchev–Trinajstić information content (AvgIpc) is 3.35. The van der Waals surface area contributed by atoms with Crippen molar-refractivity contribution in [2.24, 2.45) is 0 Å². The number of ether oxygens (including phenoxy) is 1. The number of benzene rings is 1. The summed E-state index contributed by atoms with van der Waals surface area (Å²) < 4.78 is 10.9. The summed E-state index contributed by atoms with van der Waals surface area (Å²) >= 11 is 1.42. The van der Waals surface area contributed by atoms with Gasteiger partial charge in [0.2, 0.25) is 5.91 Å². The third-order valence-corrected chi connectivity index (χ3v) is 6.35. The largest absolute Gasteiger partial charge is 0.462 e. The van der Waals surface area contributed by atoms with E-state index in [0.717, 1.165) is 21.8 Å². The Morgan fingerprint density at radius 2 is 1.81 bits per heavy atom. The lowest BCUT2D eigenvalue weighted by atomic mass is 10.1. The maximum Gasteiger partial charge on any atom is 0.257 e. The van der Waals surface area contributed by atoms with Crippen molar-refractivity contribution in [2.45, 2.75) is 13.8 Å². The molecule has 160 valence electrons. The summed E-state index contributed by atoms with van der Waals surface area (Å²) in [5.74, 6) is 0.982. The van der Waals surface area contributed by atoms with E-state index < -0.39 is 0 Å². The molecule has 0 aliphatic carbocycles. The van der Waals surface area contributed by atoms with Gasteiger partial charge in [0, 0.05) is 24.0 Å². The second kappa shape index (κ2) is 9.32. The number of morpholine rings is 1. The molecule has 2 aromatic heterocycles. The van der Waals surface area contributed by atoms with E-state index in [0.29, 0.717) is 42.6 Å². The van der Waals surface area contributed by atoms with Crippen molar-refractivity contribution in [1.29, 1.82) is 0 Å². The molecule has 1 aromatic carbocycles. The van der Waals surface area contributed by atoms with E-state index in [2.05, 4.69) is 5.32 Å². The third-order valence-electron chi connectivity index (χ3n) is 5.09. The number of carbonyl (C=O) groups is 2. The summed E-state index contributed by atoms with van der Waals surface area (Å²) in [6.07, 6.45) is 3.03. The molecule has 1 aliphatic rings. The van der Waals surface area contributed by atoms with E-state index in [4.69, 9.17) is 9.15 Å². The molecule has 3 heterocycles. The molecule has 0 spiro atoms. The van der Waals surface area contributed by atoms with Crippen LogP contribution >= 0.6 is 11.3 Å². The molecule has 1 saturated heterocycles. The molecule has 0 saturated carbocycles. The fraction of sp³-hybridized carbons (Fsp3) is 0.250. The monoisotopic (exact) mass is 436 g/mol. The highest BCUT2D eigenvalue weighted by atomic mass is 32.1. The lowest BCUT2D eigenvalue weighted by Gasteiger charge is -2.27. The smallest absolute Gasteiger partial charge is 0.257 e. The number of furan rings is 1. The third kappa shape index (κ3) is 4.78. The molecule has 7 heteroatoms. The molecule has 0 radical (unpaired) electrons. The Balaban J connectivity index is 1.65. The van der Waals surface area contributed by atoms with Crippen LogP contribution in [0.5, 0.6) is 0 Å². The van der Waals surface area contributed by atoms with Crippen LogP contribution in [0.15, 0.2) is 53.0 Å². The summed E-state index contributed by atoms with van der Waals surface area (Å²) in [5, 5.41) is 3.46. The van der Waals surface area contributed by atoms with Gasteiger partial charge in [0.05, 0.1) is 18.8 Å². The molecule has 6 nitrogen and oxygen atoms in total. The number of aryl methyl sites for hydroxylation is 1. The fourth-order valence-corrected chi connectivity index (χ4v) is 4.71. The van der Waals surface area contributed by atoms with Gasteiger partial charge in [-0.05, 0) is 43.2 Å². The van der Waals surface area contributed by atoms with Crippen molar-refractivity contribution in [3.05, 3.63) is 71.2 Å². The van der Waals surface area contributed by atoms with Gasteiger partial charge in [-0.1, -0.05) is 30.3 Å². The van der Waals surface area contributed by atoms with Gasteiger partial charge in [0.15, 0.2) is 0 Å². The standard InChI is InChI=1S/C24H24N2O4S/c1-16-8-9-19(30-16)10-11-20(27)25-23-21(24(28)26-12-14-29-15-13-26)17(2)22(31-23)18-6-4-3-5-7-18/h3-11H,12-15H2,1-2H3,(H,25,27)/b11-10+. The van der Waals surface area contributed by atoms with Crippen molar-refractivity contribution in [3.63, 3.8) is 0 Å². The molecule has 1 aliphatic heterocycles. The lowest BCUT2D eigenvalue weighted by molar-refractivity contribution is -0.111. The van der Waals surface area contributed by atoms with E-state index in [-0.39, 0.29) is 11.8 Å². The van der Waals surface area contributed by atoms with Crippen LogP contribution in [-0.2, 0) is 9.53 Å². The van der Waals surface area contributed by atoms with Crippen LogP contribution in [0, 0.1) is 13.8 Å². The van der Waals surface area contributed by atoms with E-state index in [1.54, 1.807) is 17.0 Å². The highest BCUT2D eigenvalue weighted by Gasteiger charge is 2.27. The van der Waals surface area contributed by atoms with E-state index >= 15 is 0 Å². The van der Waals surface area contributed by atoms with E-state index in [1.807, 2.05) is 50.2 Å². The van der Waals surface area contributed by atoms with Gasteiger partial charge < -0.3 is 19.4 Å². The van der Waals surface area contributed by atoms with E-state index in [1.165, 1.54) is 17.4 Å². The van der Waals surface area contributed by atoms with Crippen LogP contribution in [0.2, 0.25) is 0 Å². The van der Waals surface area contributed by atoms with E-state index in [9.17, 15) is 9.59 Å². The molecule has 1 N–H and O–H groups in total. The van der Waals surface area contributed by atoms with Gasteiger partial charge in [0.25, 0.3) is 5.91 Å². The normalized spacial score (nSPS) is 14.2. The number of carbonyl (C=O) groups excluding carboxylic acids is 2. The van der Waals surface area contributed by atoms with Crippen LogP contribution in [0.25, 0.3) is 16.5 Å². The topological polar surface area (TPSA) is 71.8 Å². The maximum absolute atomic E-state index is 13.3. The van der Waals surface area contributed by atoms with Gasteiger partial charge >= 0.3 is 0 Å². The Hall–Kier alpha value is -3.16. The summed E-state index contributed by atoms with van der Waals surface area (Å²) in [6, 6.07) is 13.5. The second-order valence-electron chi connectivity index (χ2n) is 7.30. The van der Waals surface area contributed by atoms with Crippen molar-refractivity contribution in [3.8, 4) is 10.4 Å². The molecule has 3 aromatic rings. The number of nitrogens with zero attached hydrogens (tertiary/aromatic N) is 1. The maximum atomic E-state index is 13.3. The van der Waals surface area contributed by atoms with Crippen molar-refractivity contribution < 1.29 is 18.7 Å². The molecule has 31 heavy (non-hydrogen) atoms. The Morgan fingerprint density at radius 3 is 2.48 bits per heavy atom. The Labute approximate surface area is 185 Å². The number of amides is 2. The number of hydrogen-bond donors (Lipinski definition) is 1. The van der Waals surface area contributed by atoms with Crippen LogP contribution in [0.3, 0.4) is 0 Å². The fourth-order valence-electron chi connectivity index (χ4n) is 3.50. The van der Waals surface area contributed by atoms with Gasteiger partial charge in [-0.2, -0.15) is 0 Å². The van der Waals surface area contributed by atoms with Gasteiger partial charge in [-0.3, -0.25) is 9.59 Å². The summed E-state index contributed by atoms with van der Waals surface area (Å²) in [5.41, 5.74) is 2.43. The van der Waals surface area contributed by atoms with Crippen LogP contribution in [0.4, 0.5) is 5.00 Å². The number of rotatable bonds is 5. The molecule has 1 fully saturated rings. The Morgan fingerprint density at radius 1 is 1.06 bits per heavy atom. The zero-order chi connectivity index (χ0) is 21.8. The minimum Gasteiger partial charge on any atom is -0.462 e. The number of hydrogen-bond acceptors (Lipinski definition) is 5. The quantitative estimate of drug-likeness (QED) is 0.586. The van der Waals surface area contributed by atoms with Crippen LogP contribution in [0.1, 0.15) is 27.4 Å². The summed E-state index contributed by atoms with van der Waals surface area (Å²) in [4.78, 5) is 28.7.